The second kappa shape index (κ2) is 9.32. The molecule has 1 fully saturated rings. The number of nitriles is 1. The molecule has 186 valence electrons. The summed E-state index contributed by atoms with van der Waals surface area (Å²) in [7, 11) is 4.66. The van der Waals surface area contributed by atoms with Crippen LogP contribution in [0.2, 0.25) is 0 Å². The van der Waals surface area contributed by atoms with Gasteiger partial charge < -0.3 is 19.1 Å². The highest BCUT2D eigenvalue weighted by atomic mass is 16.5. The van der Waals surface area contributed by atoms with E-state index >= 15 is 0 Å². The van der Waals surface area contributed by atoms with E-state index < -0.39 is 5.56 Å². The van der Waals surface area contributed by atoms with Gasteiger partial charge in [0.15, 0.2) is 17.3 Å². The van der Waals surface area contributed by atoms with E-state index in [1.54, 1.807) is 55.6 Å². The first-order valence-electron chi connectivity index (χ1n) is 11.7. The molecule has 1 amide bonds. The van der Waals surface area contributed by atoms with Crippen LogP contribution in [0.5, 0.6) is 17.2 Å². The fourth-order valence-electron chi connectivity index (χ4n) is 4.78. The molecular weight excluding hydrogens is 472 g/mol. The van der Waals surface area contributed by atoms with Gasteiger partial charge in [0.05, 0.1) is 25.4 Å². The Morgan fingerprint density at radius 2 is 1.81 bits per heavy atom. The molecule has 0 bridgehead atoms. The molecule has 1 N–H and O–H groups in total. The van der Waals surface area contributed by atoms with E-state index in [0.717, 1.165) is 0 Å². The van der Waals surface area contributed by atoms with Crippen LogP contribution < -0.4 is 19.9 Å². The molecule has 0 saturated carbocycles. The number of anilines is 1. The standard InChI is InChI=1S/C28H24N4O5/c1-31-21-8-5-4-7-17(21)26(34)25(28(31)35)20-14-18(16-10-11-22(36-2)23(13-16)37-3)19(15-29)27(30-20)32-12-6-9-24(32)33/h4-5,7-8,10-11,13-14,34H,6,9,12H2,1-3H3. The van der Waals surface area contributed by atoms with Gasteiger partial charge in [0.25, 0.3) is 5.56 Å². The first-order valence-corrected chi connectivity index (χ1v) is 11.7. The van der Waals surface area contributed by atoms with E-state index in [0.29, 0.717) is 52.9 Å². The number of hydrogen-bond donors (Lipinski definition) is 1. The van der Waals surface area contributed by atoms with Crippen LogP contribution >= 0.6 is 0 Å². The molecule has 0 spiro atoms. The van der Waals surface area contributed by atoms with Crippen LogP contribution in [0.15, 0.2) is 53.3 Å². The highest BCUT2D eigenvalue weighted by Gasteiger charge is 2.29. The van der Waals surface area contributed by atoms with Gasteiger partial charge >= 0.3 is 0 Å². The number of rotatable bonds is 5. The van der Waals surface area contributed by atoms with Crippen LogP contribution in [-0.4, -0.2) is 41.3 Å². The summed E-state index contributed by atoms with van der Waals surface area (Å²) >= 11 is 0. The smallest absolute Gasteiger partial charge is 0.264 e. The number of carbonyl (C=O) groups is 1. The van der Waals surface area contributed by atoms with Gasteiger partial charge in [0.2, 0.25) is 5.91 Å². The van der Waals surface area contributed by atoms with E-state index in [9.17, 15) is 20.0 Å². The molecule has 1 aliphatic heterocycles. The fourth-order valence-corrected chi connectivity index (χ4v) is 4.78. The molecule has 2 aromatic heterocycles. The van der Waals surface area contributed by atoms with Crippen molar-refractivity contribution in [1.82, 2.24) is 9.55 Å². The van der Waals surface area contributed by atoms with Crippen molar-refractivity contribution in [3.05, 3.63) is 64.4 Å². The molecule has 2 aromatic carbocycles. The molecule has 0 unspecified atom stereocenters. The molecule has 0 radical (unpaired) electrons. The van der Waals surface area contributed by atoms with Crippen LogP contribution in [-0.2, 0) is 11.8 Å². The Kier molecular flexibility index (Phi) is 6.01. The number of aromatic hydroxyl groups is 1. The van der Waals surface area contributed by atoms with Gasteiger partial charge in [-0.15, -0.1) is 0 Å². The number of fused-ring (bicyclic) bond motifs is 1. The second-order valence-corrected chi connectivity index (χ2v) is 8.69. The number of ether oxygens (including phenoxy) is 2. The summed E-state index contributed by atoms with van der Waals surface area (Å²) in [5.41, 5.74) is 1.48. The van der Waals surface area contributed by atoms with E-state index in [2.05, 4.69) is 11.1 Å². The van der Waals surface area contributed by atoms with Crippen LogP contribution in [0, 0.1) is 11.3 Å². The minimum absolute atomic E-state index is 0.0136. The molecule has 1 saturated heterocycles. The number of pyridine rings is 2. The molecule has 0 atom stereocenters. The Balaban J connectivity index is 1.86. The van der Waals surface area contributed by atoms with E-state index in [1.807, 2.05) is 0 Å². The van der Waals surface area contributed by atoms with Crippen molar-refractivity contribution in [2.24, 2.45) is 7.05 Å². The maximum atomic E-state index is 13.5. The Morgan fingerprint density at radius 3 is 2.49 bits per heavy atom. The van der Waals surface area contributed by atoms with Crippen molar-refractivity contribution in [3.8, 4) is 45.7 Å². The van der Waals surface area contributed by atoms with Gasteiger partial charge in [-0.05, 0) is 42.3 Å². The number of carbonyl (C=O) groups excluding carboxylic acids is 1. The highest BCUT2D eigenvalue weighted by Crippen LogP contribution is 2.40. The Labute approximate surface area is 212 Å². The number of aryl methyl sites for hydroxylation is 1. The van der Waals surface area contributed by atoms with Crippen LogP contribution in [0.3, 0.4) is 0 Å². The van der Waals surface area contributed by atoms with Gasteiger partial charge in [-0.25, -0.2) is 4.98 Å². The summed E-state index contributed by atoms with van der Waals surface area (Å²) in [4.78, 5) is 32.3. The summed E-state index contributed by atoms with van der Waals surface area (Å²) in [6.45, 7) is 0.400. The molecule has 0 aliphatic carbocycles. The van der Waals surface area contributed by atoms with Crippen molar-refractivity contribution in [2.45, 2.75) is 12.8 Å². The van der Waals surface area contributed by atoms with Crippen LogP contribution in [0.4, 0.5) is 5.82 Å². The van der Waals surface area contributed by atoms with Crippen molar-refractivity contribution in [3.63, 3.8) is 0 Å². The van der Waals surface area contributed by atoms with E-state index in [4.69, 9.17) is 9.47 Å². The molecule has 1 aliphatic rings. The molecule has 4 aromatic rings. The summed E-state index contributed by atoms with van der Waals surface area (Å²) in [6, 6.07) is 16.0. The molecular formula is C28H24N4O5. The number of para-hydroxylation sites is 1. The maximum absolute atomic E-state index is 13.5. The fraction of sp³-hybridized carbons (Fsp3) is 0.214. The lowest BCUT2D eigenvalue weighted by atomic mass is 9.97. The maximum Gasteiger partial charge on any atom is 0.264 e. The zero-order chi connectivity index (χ0) is 26.3. The predicted octanol–water partition coefficient (Wildman–Crippen LogP) is 3.99. The van der Waals surface area contributed by atoms with Gasteiger partial charge in [0.1, 0.15) is 22.9 Å². The SMILES string of the molecule is COc1ccc(-c2cc(-c3c(O)c4ccccc4n(C)c3=O)nc(N3CCCC3=O)c2C#N)cc1OC. The van der Waals surface area contributed by atoms with E-state index in [1.165, 1.54) is 23.7 Å². The van der Waals surface area contributed by atoms with Gasteiger partial charge in [-0.1, -0.05) is 18.2 Å². The van der Waals surface area contributed by atoms with Crippen molar-refractivity contribution < 1.29 is 19.4 Å². The highest BCUT2D eigenvalue weighted by molar-refractivity contribution is 5.98. The molecule has 3 heterocycles. The Bertz CT molecular complexity index is 1670. The normalized spacial score (nSPS) is 13.1. The lowest BCUT2D eigenvalue weighted by molar-refractivity contribution is -0.117. The van der Waals surface area contributed by atoms with E-state index in [-0.39, 0.29) is 34.3 Å². The zero-order valence-electron chi connectivity index (χ0n) is 20.6. The number of amides is 1. The Hall–Kier alpha value is -4.84. The van der Waals surface area contributed by atoms with Gasteiger partial charge in [-0.3, -0.25) is 14.5 Å². The van der Waals surface area contributed by atoms with Crippen molar-refractivity contribution in [2.75, 3.05) is 25.7 Å². The third-order valence-corrected chi connectivity index (χ3v) is 6.67. The predicted molar refractivity (Wildman–Crippen MR) is 139 cm³/mol. The number of nitrogens with zero attached hydrogens (tertiary/aromatic N) is 4. The number of aromatic nitrogens is 2. The topological polar surface area (TPSA) is 118 Å². The van der Waals surface area contributed by atoms with Gasteiger partial charge in [0, 0.05) is 31.0 Å². The average molecular weight is 497 g/mol. The monoisotopic (exact) mass is 496 g/mol. The molecule has 37 heavy (non-hydrogen) atoms. The molecule has 9 nitrogen and oxygen atoms in total. The van der Waals surface area contributed by atoms with Crippen LogP contribution in [0.25, 0.3) is 33.3 Å². The third kappa shape index (κ3) is 3.83. The summed E-state index contributed by atoms with van der Waals surface area (Å²) in [6.07, 6.45) is 0.968. The lowest BCUT2D eigenvalue weighted by Crippen LogP contribution is -2.26. The quantitative estimate of drug-likeness (QED) is 0.444. The second-order valence-electron chi connectivity index (χ2n) is 8.69. The number of methoxy groups -OCH3 is 2. The minimum Gasteiger partial charge on any atom is -0.506 e. The summed E-state index contributed by atoms with van der Waals surface area (Å²) in [5, 5.41) is 21.9. The minimum atomic E-state index is -0.453. The molecule has 5 rings (SSSR count). The first kappa shape index (κ1) is 23.9. The lowest BCUT2D eigenvalue weighted by Gasteiger charge is -2.20. The van der Waals surface area contributed by atoms with Crippen molar-refractivity contribution in [1.29, 1.82) is 5.26 Å². The summed E-state index contributed by atoms with van der Waals surface area (Å²) < 4.78 is 12.2. The first-order chi connectivity index (χ1) is 17.9. The Morgan fingerprint density at radius 1 is 1.05 bits per heavy atom. The zero-order valence-corrected chi connectivity index (χ0v) is 20.6. The third-order valence-electron chi connectivity index (χ3n) is 6.67. The summed E-state index contributed by atoms with van der Waals surface area (Å²) in [5.74, 6) is 0.741. The number of benzene rings is 2. The number of hydrogen-bond acceptors (Lipinski definition) is 7. The van der Waals surface area contributed by atoms with Crippen molar-refractivity contribution >= 4 is 22.6 Å². The van der Waals surface area contributed by atoms with Gasteiger partial charge in [-0.2, -0.15) is 5.26 Å². The van der Waals surface area contributed by atoms with Crippen LogP contribution in [0.1, 0.15) is 18.4 Å². The largest absolute Gasteiger partial charge is 0.506 e. The molecule has 9 heteroatoms. The average Bonchev–Trinajstić information content (AvgIpc) is 3.36.